The van der Waals surface area contributed by atoms with Crippen LogP contribution in [-0.2, 0) is 19.6 Å². The average molecular weight is 422 g/mol. The second-order valence-electron chi connectivity index (χ2n) is 7.79. The van der Waals surface area contributed by atoms with Crippen molar-refractivity contribution in [1.29, 1.82) is 0 Å². The molecule has 0 bridgehead atoms. The number of aromatic amines is 1. The molecule has 1 aromatic carbocycles. The number of aromatic nitrogens is 5. The monoisotopic (exact) mass is 422 g/mol. The van der Waals surface area contributed by atoms with Gasteiger partial charge in [-0.2, -0.15) is 0 Å². The van der Waals surface area contributed by atoms with Crippen LogP contribution in [0.4, 0.5) is 0 Å². The van der Waals surface area contributed by atoms with E-state index in [0.29, 0.717) is 44.0 Å². The maximum atomic E-state index is 12.8. The van der Waals surface area contributed by atoms with Gasteiger partial charge in [0.05, 0.1) is 18.3 Å². The third kappa shape index (κ3) is 4.89. The van der Waals surface area contributed by atoms with E-state index in [-0.39, 0.29) is 12.2 Å². The number of aryl methyl sites for hydroxylation is 2. The Hall–Kier alpha value is -3.30. The third-order valence-corrected chi connectivity index (χ3v) is 5.25. The standard InChI is InChI=1S/C22H26N6O3/c1-15-9-16(2)21-17(10-15)11-18(22(30)23-21)12-27(6-4-7-29)14-20-24-25-26-28(20)13-19-5-3-8-31-19/h3,5,8-11,29H,4,6-7,12-14H2,1-2H3,(H,23,30). The number of aliphatic hydroxyl groups excluding tert-OH is 1. The zero-order valence-electron chi connectivity index (χ0n) is 17.7. The number of hydrogen-bond acceptors (Lipinski definition) is 7. The van der Waals surface area contributed by atoms with Gasteiger partial charge in [0.2, 0.25) is 0 Å². The largest absolute Gasteiger partial charge is 0.467 e. The maximum absolute atomic E-state index is 12.8. The average Bonchev–Trinajstić information content (AvgIpc) is 3.40. The molecule has 0 saturated carbocycles. The predicted octanol–water partition coefficient (Wildman–Crippen LogP) is 2.16. The number of H-pyrrole nitrogens is 1. The first-order valence-electron chi connectivity index (χ1n) is 10.3. The fourth-order valence-electron chi connectivity index (χ4n) is 3.81. The molecule has 0 unspecified atom stereocenters. The minimum Gasteiger partial charge on any atom is -0.467 e. The SMILES string of the molecule is Cc1cc(C)c2[nH]c(=O)c(CN(CCCO)Cc3nnnn3Cc3ccco3)cc2c1. The van der Waals surface area contributed by atoms with Crippen LogP contribution in [0.25, 0.3) is 10.9 Å². The van der Waals surface area contributed by atoms with Crippen LogP contribution in [0.15, 0.2) is 45.8 Å². The molecule has 0 saturated heterocycles. The van der Waals surface area contributed by atoms with Gasteiger partial charge in [-0.15, -0.1) is 5.10 Å². The fraction of sp³-hybridized carbons (Fsp3) is 0.364. The zero-order valence-corrected chi connectivity index (χ0v) is 17.7. The molecule has 0 aliphatic rings. The van der Waals surface area contributed by atoms with Crippen molar-refractivity contribution < 1.29 is 9.52 Å². The molecule has 0 spiro atoms. The van der Waals surface area contributed by atoms with Crippen LogP contribution >= 0.6 is 0 Å². The van der Waals surface area contributed by atoms with Gasteiger partial charge >= 0.3 is 0 Å². The lowest BCUT2D eigenvalue weighted by Gasteiger charge is -2.21. The Bertz CT molecular complexity index is 1210. The Morgan fingerprint density at radius 1 is 1.23 bits per heavy atom. The Labute approximate surface area is 179 Å². The molecule has 4 rings (SSSR count). The second kappa shape index (κ2) is 9.23. The lowest BCUT2D eigenvalue weighted by atomic mass is 10.1. The summed E-state index contributed by atoms with van der Waals surface area (Å²) in [4.78, 5) is 17.9. The summed E-state index contributed by atoms with van der Waals surface area (Å²) < 4.78 is 7.08. The molecule has 0 atom stereocenters. The molecule has 0 radical (unpaired) electrons. The molecule has 3 aromatic heterocycles. The van der Waals surface area contributed by atoms with E-state index < -0.39 is 0 Å². The van der Waals surface area contributed by atoms with Crippen LogP contribution in [0.5, 0.6) is 0 Å². The van der Waals surface area contributed by atoms with Crippen molar-refractivity contribution in [3.63, 3.8) is 0 Å². The van der Waals surface area contributed by atoms with E-state index in [9.17, 15) is 9.90 Å². The minimum absolute atomic E-state index is 0.0697. The quantitative estimate of drug-likeness (QED) is 0.425. The zero-order chi connectivity index (χ0) is 21.8. The minimum atomic E-state index is -0.108. The molecule has 4 aromatic rings. The maximum Gasteiger partial charge on any atom is 0.252 e. The van der Waals surface area contributed by atoms with Gasteiger partial charge in [-0.1, -0.05) is 11.6 Å². The van der Waals surface area contributed by atoms with E-state index in [1.54, 1.807) is 10.9 Å². The number of fused-ring (bicyclic) bond motifs is 1. The Kier molecular flexibility index (Phi) is 6.24. The van der Waals surface area contributed by atoms with Crippen LogP contribution < -0.4 is 5.56 Å². The third-order valence-electron chi connectivity index (χ3n) is 5.25. The summed E-state index contributed by atoms with van der Waals surface area (Å²) in [6.45, 7) is 6.01. The molecule has 2 N–H and O–H groups in total. The number of nitrogens with one attached hydrogen (secondary N) is 1. The van der Waals surface area contributed by atoms with E-state index in [4.69, 9.17) is 4.42 Å². The molecule has 31 heavy (non-hydrogen) atoms. The summed E-state index contributed by atoms with van der Waals surface area (Å²) in [7, 11) is 0. The number of furan rings is 1. The number of rotatable bonds is 9. The number of benzene rings is 1. The molecule has 0 amide bonds. The van der Waals surface area contributed by atoms with Crippen molar-refractivity contribution in [2.75, 3.05) is 13.2 Å². The predicted molar refractivity (Wildman–Crippen MR) is 115 cm³/mol. The van der Waals surface area contributed by atoms with Gasteiger partial charge < -0.3 is 14.5 Å². The second-order valence-corrected chi connectivity index (χ2v) is 7.79. The Morgan fingerprint density at radius 2 is 2.10 bits per heavy atom. The molecule has 0 fully saturated rings. The highest BCUT2D eigenvalue weighted by Crippen LogP contribution is 2.19. The van der Waals surface area contributed by atoms with E-state index in [1.165, 1.54) is 0 Å². The van der Waals surface area contributed by atoms with Gasteiger partial charge in [-0.3, -0.25) is 9.69 Å². The number of nitrogens with zero attached hydrogens (tertiary/aromatic N) is 5. The normalized spacial score (nSPS) is 11.6. The summed E-state index contributed by atoms with van der Waals surface area (Å²) >= 11 is 0. The molecule has 0 aliphatic carbocycles. The van der Waals surface area contributed by atoms with Crippen LogP contribution in [0.2, 0.25) is 0 Å². The van der Waals surface area contributed by atoms with E-state index >= 15 is 0 Å². The molecule has 0 aliphatic heterocycles. The van der Waals surface area contributed by atoms with Crippen LogP contribution in [0, 0.1) is 13.8 Å². The highest BCUT2D eigenvalue weighted by molar-refractivity contribution is 5.82. The van der Waals surface area contributed by atoms with Crippen LogP contribution in [-0.4, -0.2) is 48.3 Å². The first-order chi connectivity index (χ1) is 15.0. The molecular weight excluding hydrogens is 396 g/mol. The highest BCUT2D eigenvalue weighted by atomic mass is 16.3. The molecular formula is C22H26N6O3. The highest BCUT2D eigenvalue weighted by Gasteiger charge is 2.16. The van der Waals surface area contributed by atoms with Crippen molar-refractivity contribution in [3.05, 3.63) is 75.2 Å². The van der Waals surface area contributed by atoms with Gasteiger partial charge in [-0.05, 0) is 65.9 Å². The molecule has 9 heteroatoms. The smallest absolute Gasteiger partial charge is 0.252 e. The Morgan fingerprint density at radius 3 is 2.87 bits per heavy atom. The van der Waals surface area contributed by atoms with Gasteiger partial charge in [0.25, 0.3) is 5.56 Å². The topological polar surface area (TPSA) is 113 Å². The van der Waals surface area contributed by atoms with Crippen molar-refractivity contribution in [2.45, 2.75) is 39.9 Å². The van der Waals surface area contributed by atoms with E-state index in [2.05, 4.69) is 37.5 Å². The van der Waals surface area contributed by atoms with Crippen molar-refractivity contribution in [2.24, 2.45) is 0 Å². The van der Waals surface area contributed by atoms with Crippen LogP contribution in [0.1, 0.15) is 34.7 Å². The van der Waals surface area contributed by atoms with Gasteiger partial charge in [0, 0.05) is 25.3 Å². The first kappa shape index (κ1) is 21.0. The summed E-state index contributed by atoms with van der Waals surface area (Å²) in [5, 5.41) is 22.4. The first-order valence-corrected chi connectivity index (χ1v) is 10.3. The molecule has 162 valence electrons. The molecule has 9 nitrogen and oxygen atoms in total. The van der Waals surface area contributed by atoms with E-state index in [1.807, 2.05) is 32.0 Å². The summed E-state index contributed by atoms with van der Waals surface area (Å²) in [6.07, 6.45) is 2.20. The van der Waals surface area contributed by atoms with Crippen molar-refractivity contribution >= 4 is 10.9 Å². The fourth-order valence-corrected chi connectivity index (χ4v) is 3.81. The number of tetrazole rings is 1. The van der Waals surface area contributed by atoms with Gasteiger partial charge in [0.15, 0.2) is 5.82 Å². The lowest BCUT2D eigenvalue weighted by Crippen LogP contribution is -2.29. The van der Waals surface area contributed by atoms with Crippen molar-refractivity contribution in [3.8, 4) is 0 Å². The number of pyridine rings is 1. The van der Waals surface area contributed by atoms with Gasteiger partial charge in [0.1, 0.15) is 12.3 Å². The summed E-state index contributed by atoms with van der Waals surface area (Å²) in [5.41, 5.74) is 3.62. The van der Waals surface area contributed by atoms with Crippen molar-refractivity contribution in [1.82, 2.24) is 30.1 Å². The van der Waals surface area contributed by atoms with Crippen LogP contribution in [0.3, 0.4) is 0 Å². The lowest BCUT2D eigenvalue weighted by molar-refractivity contribution is 0.206. The Balaban J connectivity index is 1.59. The summed E-state index contributed by atoms with van der Waals surface area (Å²) in [6, 6.07) is 9.77. The number of hydrogen-bond donors (Lipinski definition) is 2. The molecule has 3 heterocycles. The van der Waals surface area contributed by atoms with Gasteiger partial charge in [-0.25, -0.2) is 4.68 Å². The van der Waals surface area contributed by atoms with E-state index in [0.717, 1.165) is 27.8 Å². The number of aliphatic hydroxyl groups is 1. The summed E-state index contributed by atoms with van der Waals surface area (Å²) in [5.74, 6) is 1.42.